The van der Waals surface area contributed by atoms with Gasteiger partial charge < -0.3 is 10.5 Å². The van der Waals surface area contributed by atoms with E-state index in [4.69, 9.17) is 10.5 Å². The summed E-state index contributed by atoms with van der Waals surface area (Å²) in [6.07, 6.45) is 3.66. The fourth-order valence-electron chi connectivity index (χ4n) is 0.324. The van der Waals surface area contributed by atoms with Gasteiger partial charge in [0.05, 0.1) is 6.61 Å². The van der Waals surface area contributed by atoms with Gasteiger partial charge in [-0.05, 0) is 6.92 Å². The van der Waals surface area contributed by atoms with E-state index in [2.05, 4.69) is 0 Å². The minimum atomic E-state index is -0.431. The van der Waals surface area contributed by atoms with E-state index in [1.54, 1.807) is 0 Å². The summed E-state index contributed by atoms with van der Waals surface area (Å²) in [5, 5.41) is 0. The third-order valence-electron chi connectivity index (χ3n) is 0.694. The maximum absolute atomic E-state index is 10.0. The van der Waals surface area contributed by atoms with Crippen molar-refractivity contribution in [1.82, 2.24) is 0 Å². The molecule has 52 valence electrons. The van der Waals surface area contributed by atoms with Crippen molar-refractivity contribution in [3.8, 4) is 0 Å². The molecule has 2 N–H and O–H groups in total. The van der Waals surface area contributed by atoms with E-state index in [1.807, 2.05) is 19.1 Å². The van der Waals surface area contributed by atoms with E-state index in [0.717, 1.165) is 0 Å². The lowest BCUT2D eigenvalue weighted by Gasteiger charge is -1.93. The predicted octanol–water partition coefficient (Wildman–Crippen LogP) is 0.0644. The molecule has 0 radical (unpaired) electrons. The van der Waals surface area contributed by atoms with Crippen LogP contribution < -0.4 is 5.73 Å². The second-order valence-corrected chi connectivity index (χ2v) is 1.55. The Labute approximate surface area is 54.5 Å². The van der Waals surface area contributed by atoms with Crippen molar-refractivity contribution in [3.05, 3.63) is 12.2 Å². The van der Waals surface area contributed by atoms with Gasteiger partial charge in [0.1, 0.15) is 6.61 Å². The molecule has 0 saturated heterocycles. The van der Waals surface area contributed by atoms with Crippen LogP contribution in [0.3, 0.4) is 0 Å². The minimum Gasteiger partial charge on any atom is -0.368 e. The Morgan fingerprint density at radius 3 is 2.89 bits per heavy atom. The van der Waals surface area contributed by atoms with Crippen LogP contribution in [0, 0.1) is 0 Å². The van der Waals surface area contributed by atoms with Crippen LogP contribution in [0.15, 0.2) is 12.2 Å². The molecule has 9 heavy (non-hydrogen) atoms. The Morgan fingerprint density at radius 2 is 2.44 bits per heavy atom. The van der Waals surface area contributed by atoms with Crippen molar-refractivity contribution in [2.24, 2.45) is 5.73 Å². The van der Waals surface area contributed by atoms with Crippen LogP contribution in [-0.2, 0) is 9.53 Å². The number of hydrogen-bond donors (Lipinski definition) is 1. The third-order valence-corrected chi connectivity index (χ3v) is 0.694. The molecule has 0 aliphatic carbocycles. The van der Waals surface area contributed by atoms with Crippen LogP contribution in [-0.4, -0.2) is 19.1 Å². The van der Waals surface area contributed by atoms with Gasteiger partial charge in [0, 0.05) is 0 Å². The number of hydrogen-bond acceptors (Lipinski definition) is 2. The number of carbonyl (C=O) groups is 1. The first-order valence-corrected chi connectivity index (χ1v) is 2.74. The van der Waals surface area contributed by atoms with Crippen molar-refractivity contribution in [2.75, 3.05) is 13.2 Å². The van der Waals surface area contributed by atoms with Gasteiger partial charge in [-0.3, -0.25) is 4.79 Å². The van der Waals surface area contributed by atoms with Crippen molar-refractivity contribution < 1.29 is 9.53 Å². The van der Waals surface area contributed by atoms with Gasteiger partial charge in [0.2, 0.25) is 5.91 Å². The highest BCUT2D eigenvalue weighted by Crippen LogP contribution is 1.75. The molecule has 3 heteroatoms. The molecule has 0 aliphatic rings. The van der Waals surface area contributed by atoms with Crippen LogP contribution in [0.5, 0.6) is 0 Å². The summed E-state index contributed by atoms with van der Waals surface area (Å²) in [4.78, 5) is 10.0. The number of ether oxygens (including phenoxy) is 1. The monoisotopic (exact) mass is 129 g/mol. The highest BCUT2D eigenvalue weighted by Gasteiger charge is 1.88. The second kappa shape index (κ2) is 5.31. The average molecular weight is 129 g/mol. The predicted molar refractivity (Wildman–Crippen MR) is 34.8 cm³/mol. The molecule has 0 unspecified atom stereocenters. The molecule has 0 rings (SSSR count). The van der Waals surface area contributed by atoms with Crippen LogP contribution in [0.1, 0.15) is 6.92 Å². The summed E-state index contributed by atoms with van der Waals surface area (Å²) in [7, 11) is 0. The molecule has 1 amide bonds. The van der Waals surface area contributed by atoms with E-state index >= 15 is 0 Å². The topological polar surface area (TPSA) is 52.3 Å². The van der Waals surface area contributed by atoms with E-state index < -0.39 is 5.91 Å². The molecule has 3 nitrogen and oxygen atoms in total. The standard InChI is InChI=1S/C6H11NO2/c1-2-3-4-9-5-6(7)8/h2-3H,4-5H2,1H3,(H2,7,8)/b3-2+. The Balaban J connectivity index is 3.01. The number of nitrogens with two attached hydrogens (primary N) is 1. The van der Waals surface area contributed by atoms with Crippen molar-refractivity contribution >= 4 is 5.91 Å². The lowest BCUT2D eigenvalue weighted by Crippen LogP contribution is -2.17. The van der Waals surface area contributed by atoms with Gasteiger partial charge in [0.15, 0.2) is 0 Å². The molecule has 0 atom stereocenters. The van der Waals surface area contributed by atoms with Gasteiger partial charge in [-0.15, -0.1) is 0 Å². The number of amides is 1. The molecule has 0 aliphatic heterocycles. The Morgan fingerprint density at radius 1 is 1.78 bits per heavy atom. The summed E-state index contributed by atoms with van der Waals surface area (Å²) in [6, 6.07) is 0. The Hall–Kier alpha value is -0.830. The summed E-state index contributed by atoms with van der Waals surface area (Å²) < 4.78 is 4.77. The zero-order chi connectivity index (χ0) is 7.11. The largest absolute Gasteiger partial charge is 0.368 e. The molecule has 0 fully saturated rings. The van der Waals surface area contributed by atoms with E-state index in [-0.39, 0.29) is 6.61 Å². The molecule has 0 aromatic heterocycles. The fourth-order valence-corrected chi connectivity index (χ4v) is 0.324. The number of carbonyl (C=O) groups excluding carboxylic acids is 1. The SMILES string of the molecule is C/C=C/COCC(N)=O. The fraction of sp³-hybridized carbons (Fsp3) is 0.500. The highest BCUT2D eigenvalue weighted by molar-refractivity contribution is 5.74. The molecule has 0 spiro atoms. The summed E-state index contributed by atoms with van der Waals surface area (Å²) in [5.41, 5.74) is 4.79. The Kier molecular flexibility index (Phi) is 4.82. The van der Waals surface area contributed by atoms with Crippen LogP contribution >= 0.6 is 0 Å². The number of allylic oxidation sites excluding steroid dienone is 1. The van der Waals surface area contributed by atoms with Gasteiger partial charge in [-0.25, -0.2) is 0 Å². The molecule has 0 aromatic carbocycles. The summed E-state index contributed by atoms with van der Waals surface area (Å²) >= 11 is 0. The average Bonchev–Trinajstić information content (AvgIpc) is 1.80. The van der Waals surface area contributed by atoms with Gasteiger partial charge in [0.25, 0.3) is 0 Å². The lowest BCUT2D eigenvalue weighted by molar-refractivity contribution is -0.122. The summed E-state index contributed by atoms with van der Waals surface area (Å²) in [5.74, 6) is -0.431. The smallest absolute Gasteiger partial charge is 0.243 e. The quantitative estimate of drug-likeness (QED) is 0.431. The molecular weight excluding hydrogens is 118 g/mol. The normalized spacial score (nSPS) is 10.3. The third kappa shape index (κ3) is 7.17. The molecule has 0 bridgehead atoms. The lowest BCUT2D eigenvalue weighted by atomic mass is 10.5. The minimum absolute atomic E-state index is 0.00431. The van der Waals surface area contributed by atoms with E-state index in [9.17, 15) is 4.79 Å². The van der Waals surface area contributed by atoms with Gasteiger partial charge >= 0.3 is 0 Å². The summed E-state index contributed by atoms with van der Waals surface area (Å²) in [6.45, 7) is 2.34. The first-order valence-electron chi connectivity index (χ1n) is 2.74. The van der Waals surface area contributed by atoms with Crippen molar-refractivity contribution in [3.63, 3.8) is 0 Å². The Bertz CT molecular complexity index is 110. The number of primary amides is 1. The van der Waals surface area contributed by atoms with Crippen molar-refractivity contribution in [1.29, 1.82) is 0 Å². The highest BCUT2D eigenvalue weighted by atomic mass is 16.5. The first-order chi connectivity index (χ1) is 4.27. The molecule has 0 aromatic rings. The van der Waals surface area contributed by atoms with E-state index in [1.165, 1.54) is 0 Å². The zero-order valence-electron chi connectivity index (χ0n) is 5.46. The second-order valence-electron chi connectivity index (χ2n) is 1.55. The van der Waals surface area contributed by atoms with Crippen molar-refractivity contribution in [2.45, 2.75) is 6.92 Å². The molecule has 0 heterocycles. The van der Waals surface area contributed by atoms with Crippen LogP contribution in [0.25, 0.3) is 0 Å². The molecular formula is C6H11NO2. The van der Waals surface area contributed by atoms with Crippen LogP contribution in [0.4, 0.5) is 0 Å². The van der Waals surface area contributed by atoms with Crippen LogP contribution in [0.2, 0.25) is 0 Å². The zero-order valence-corrected chi connectivity index (χ0v) is 5.46. The van der Waals surface area contributed by atoms with Gasteiger partial charge in [-0.1, -0.05) is 12.2 Å². The first kappa shape index (κ1) is 8.17. The van der Waals surface area contributed by atoms with E-state index in [0.29, 0.717) is 6.61 Å². The maximum Gasteiger partial charge on any atom is 0.243 e. The molecule has 0 saturated carbocycles. The number of rotatable bonds is 4. The van der Waals surface area contributed by atoms with Gasteiger partial charge in [-0.2, -0.15) is 0 Å². The maximum atomic E-state index is 10.0.